The summed E-state index contributed by atoms with van der Waals surface area (Å²) >= 11 is 0. The third kappa shape index (κ3) is 2.07. The Bertz CT molecular complexity index is 1010. The van der Waals surface area contributed by atoms with E-state index in [1.165, 1.54) is 27.6 Å². The molecule has 1 saturated heterocycles. The fraction of sp³-hybridized carbons (Fsp3) is 0.385. The number of aliphatic hydroxyl groups is 2. The first-order chi connectivity index (χ1) is 11.1. The molecule has 1 aliphatic rings. The number of nitrogens with zero attached hydrogens (tertiary/aromatic N) is 4. The standard InChI is InChI=1S/C13H13N5O5/c19-4-7-6(20)3-9(23-7)18-5-14-10-11(18)16-13-15-8(21)1-2-17(13)12(10)22/h1-2,5-7,9,19-20H,3-4H2,(H,15,16,21)/t6-,7+,9+/m0/s1. The molecular formula is C13H13N5O5. The number of rotatable bonds is 2. The zero-order valence-electron chi connectivity index (χ0n) is 11.8. The van der Waals surface area contributed by atoms with Crippen LogP contribution in [0.4, 0.5) is 0 Å². The lowest BCUT2D eigenvalue weighted by Gasteiger charge is -2.13. The van der Waals surface area contributed by atoms with Gasteiger partial charge in [-0.1, -0.05) is 0 Å². The first-order valence-corrected chi connectivity index (χ1v) is 7.01. The summed E-state index contributed by atoms with van der Waals surface area (Å²) in [5, 5.41) is 19.0. The Balaban J connectivity index is 1.91. The van der Waals surface area contributed by atoms with Crippen molar-refractivity contribution in [2.75, 3.05) is 6.61 Å². The van der Waals surface area contributed by atoms with Crippen molar-refractivity contribution < 1.29 is 14.9 Å². The number of aromatic amines is 1. The number of aliphatic hydroxyl groups excluding tert-OH is 2. The number of fused-ring (bicyclic) bond motifs is 2. The lowest BCUT2D eigenvalue weighted by atomic mass is 10.2. The van der Waals surface area contributed by atoms with Gasteiger partial charge in [0.15, 0.2) is 11.2 Å². The molecule has 3 N–H and O–H groups in total. The molecule has 3 atom stereocenters. The smallest absolute Gasteiger partial charge is 0.287 e. The largest absolute Gasteiger partial charge is 0.394 e. The van der Waals surface area contributed by atoms with Gasteiger partial charge in [0.05, 0.1) is 19.0 Å². The molecule has 10 nitrogen and oxygen atoms in total. The topological polar surface area (TPSA) is 135 Å². The van der Waals surface area contributed by atoms with Gasteiger partial charge in [-0.15, -0.1) is 0 Å². The molecule has 0 spiro atoms. The molecule has 0 aliphatic carbocycles. The van der Waals surface area contributed by atoms with Crippen molar-refractivity contribution in [1.82, 2.24) is 23.9 Å². The number of imidazole rings is 1. The fourth-order valence-corrected chi connectivity index (χ4v) is 2.76. The average molecular weight is 319 g/mol. The summed E-state index contributed by atoms with van der Waals surface area (Å²) in [4.78, 5) is 34.6. The van der Waals surface area contributed by atoms with Gasteiger partial charge in [-0.2, -0.15) is 4.98 Å². The van der Waals surface area contributed by atoms with Crippen molar-refractivity contribution in [3.63, 3.8) is 0 Å². The number of hydrogen-bond acceptors (Lipinski definition) is 7. The van der Waals surface area contributed by atoms with Crippen molar-refractivity contribution in [1.29, 1.82) is 0 Å². The quantitative estimate of drug-likeness (QED) is 0.516. The van der Waals surface area contributed by atoms with Gasteiger partial charge < -0.3 is 14.9 Å². The number of aromatic nitrogens is 5. The summed E-state index contributed by atoms with van der Waals surface area (Å²) in [5.74, 6) is 0.0917. The van der Waals surface area contributed by atoms with Crippen LogP contribution in [0.25, 0.3) is 16.9 Å². The van der Waals surface area contributed by atoms with E-state index >= 15 is 0 Å². The van der Waals surface area contributed by atoms with E-state index in [1.807, 2.05) is 0 Å². The SMILES string of the molecule is O=c1ccn2c(=O)c3ncn([C@H]4C[C@H](O)[C@@H](CO)O4)c3nc2[nH]1. The third-order valence-corrected chi connectivity index (χ3v) is 3.93. The molecule has 120 valence electrons. The summed E-state index contributed by atoms with van der Waals surface area (Å²) in [7, 11) is 0. The van der Waals surface area contributed by atoms with Crippen molar-refractivity contribution in [3.8, 4) is 0 Å². The molecular weight excluding hydrogens is 306 g/mol. The Morgan fingerprint density at radius 3 is 3.00 bits per heavy atom. The summed E-state index contributed by atoms with van der Waals surface area (Å²) in [6, 6.07) is 1.22. The van der Waals surface area contributed by atoms with Crippen LogP contribution in [-0.2, 0) is 4.74 Å². The molecule has 0 radical (unpaired) electrons. The molecule has 10 heteroatoms. The van der Waals surface area contributed by atoms with Crippen molar-refractivity contribution >= 4 is 16.9 Å². The lowest BCUT2D eigenvalue weighted by molar-refractivity contribution is -0.0432. The maximum absolute atomic E-state index is 12.4. The van der Waals surface area contributed by atoms with E-state index < -0.39 is 24.0 Å². The Kier molecular flexibility index (Phi) is 3.04. The van der Waals surface area contributed by atoms with Crippen molar-refractivity contribution in [2.45, 2.75) is 24.9 Å². The first-order valence-electron chi connectivity index (χ1n) is 7.01. The van der Waals surface area contributed by atoms with Crippen LogP contribution in [0.1, 0.15) is 12.6 Å². The van der Waals surface area contributed by atoms with E-state index in [0.717, 1.165) is 0 Å². The fourth-order valence-electron chi connectivity index (χ4n) is 2.76. The molecule has 3 aromatic rings. The second-order valence-corrected chi connectivity index (χ2v) is 5.35. The van der Waals surface area contributed by atoms with E-state index in [2.05, 4.69) is 15.0 Å². The first kappa shape index (κ1) is 14.1. The van der Waals surface area contributed by atoms with Gasteiger partial charge in [-0.25, -0.2) is 4.98 Å². The van der Waals surface area contributed by atoms with Crippen LogP contribution in [0.15, 0.2) is 28.2 Å². The van der Waals surface area contributed by atoms with Gasteiger partial charge in [0.1, 0.15) is 12.3 Å². The van der Waals surface area contributed by atoms with E-state index in [0.29, 0.717) is 0 Å². The number of H-pyrrole nitrogens is 1. The summed E-state index contributed by atoms with van der Waals surface area (Å²) < 4.78 is 8.26. The van der Waals surface area contributed by atoms with E-state index in [4.69, 9.17) is 9.84 Å². The predicted octanol–water partition coefficient (Wildman–Crippen LogP) is -1.63. The van der Waals surface area contributed by atoms with Crippen LogP contribution >= 0.6 is 0 Å². The molecule has 0 aromatic carbocycles. The zero-order chi connectivity index (χ0) is 16.1. The summed E-state index contributed by atoms with van der Waals surface area (Å²) in [5.41, 5.74) is -0.430. The Morgan fingerprint density at radius 1 is 1.43 bits per heavy atom. The molecule has 0 unspecified atom stereocenters. The molecule has 4 heterocycles. The van der Waals surface area contributed by atoms with Gasteiger partial charge in [-0.3, -0.25) is 23.5 Å². The van der Waals surface area contributed by atoms with Gasteiger partial charge in [0.25, 0.3) is 11.1 Å². The molecule has 0 saturated carbocycles. The van der Waals surface area contributed by atoms with Crippen LogP contribution < -0.4 is 11.1 Å². The number of hydrogen-bond donors (Lipinski definition) is 3. The molecule has 0 amide bonds. The average Bonchev–Trinajstić information content (AvgIpc) is 3.10. The highest BCUT2D eigenvalue weighted by molar-refractivity contribution is 5.71. The highest BCUT2D eigenvalue weighted by Gasteiger charge is 2.35. The lowest BCUT2D eigenvalue weighted by Crippen LogP contribution is -2.24. The highest BCUT2D eigenvalue weighted by Crippen LogP contribution is 2.30. The molecule has 3 aromatic heterocycles. The van der Waals surface area contributed by atoms with Gasteiger partial charge in [0, 0.05) is 18.7 Å². The van der Waals surface area contributed by atoms with Crippen LogP contribution in [0.2, 0.25) is 0 Å². The highest BCUT2D eigenvalue weighted by atomic mass is 16.5. The van der Waals surface area contributed by atoms with Crippen molar-refractivity contribution in [3.05, 3.63) is 39.3 Å². The maximum Gasteiger partial charge on any atom is 0.287 e. The normalized spacial score (nSPS) is 24.7. The van der Waals surface area contributed by atoms with E-state index in [1.54, 1.807) is 0 Å². The number of nitrogens with one attached hydrogen (secondary N) is 1. The molecule has 0 bridgehead atoms. The van der Waals surface area contributed by atoms with Crippen LogP contribution in [0, 0.1) is 0 Å². The molecule has 4 rings (SSSR count). The van der Waals surface area contributed by atoms with Gasteiger partial charge >= 0.3 is 0 Å². The minimum absolute atomic E-state index is 0.0917. The summed E-state index contributed by atoms with van der Waals surface area (Å²) in [6.45, 7) is -0.309. The maximum atomic E-state index is 12.4. The molecule has 1 fully saturated rings. The van der Waals surface area contributed by atoms with E-state index in [-0.39, 0.29) is 35.5 Å². The molecule has 1 aliphatic heterocycles. The van der Waals surface area contributed by atoms with Crippen LogP contribution in [-0.4, -0.2) is 52.9 Å². The Morgan fingerprint density at radius 2 is 2.26 bits per heavy atom. The zero-order valence-corrected chi connectivity index (χ0v) is 11.8. The Labute approximate surface area is 127 Å². The second-order valence-electron chi connectivity index (χ2n) is 5.35. The number of ether oxygens (including phenoxy) is 1. The minimum Gasteiger partial charge on any atom is -0.394 e. The minimum atomic E-state index is -0.816. The van der Waals surface area contributed by atoms with E-state index in [9.17, 15) is 14.7 Å². The Hall–Kier alpha value is -2.56. The molecule has 23 heavy (non-hydrogen) atoms. The van der Waals surface area contributed by atoms with Crippen LogP contribution in [0.3, 0.4) is 0 Å². The summed E-state index contributed by atoms with van der Waals surface area (Å²) in [6.07, 6.45) is 0.857. The second kappa shape index (κ2) is 4.98. The monoisotopic (exact) mass is 319 g/mol. The predicted molar refractivity (Wildman–Crippen MR) is 77.0 cm³/mol. The van der Waals surface area contributed by atoms with Crippen molar-refractivity contribution in [2.24, 2.45) is 0 Å². The van der Waals surface area contributed by atoms with Gasteiger partial charge in [0.2, 0.25) is 5.78 Å². The van der Waals surface area contributed by atoms with Gasteiger partial charge in [-0.05, 0) is 0 Å². The third-order valence-electron chi connectivity index (χ3n) is 3.93. The van der Waals surface area contributed by atoms with Crippen LogP contribution in [0.5, 0.6) is 0 Å².